The summed E-state index contributed by atoms with van der Waals surface area (Å²) in [5.41, 5.74) is 1.13. The van der Waals surface area contributed by atoms with E-state index in [0.717, 1.165) is 37.9 Å². The third-order valence-corrected chi connectivity index (χ3v) is 5.75. The van der Waals surface area contributed by atoms with Crippen LogP contribution in [0.3, 0.4) is 0 Å². The molecule has 1 aromatic rings. The number of hydrogen-bond donors (Lipinski definition) is 0. The standard InChI is InChI=1S/C20H32N4O/c1-22(2)19-10-12-23(15-19)16-20(25)24(18-8-4-3-5-9-18)14-17-7-6-11-21-13-17/h6-7,11,13,18-19H,3-5,8-10,12,14-16H2,1-2H3/t19-/m1/s1. The molecule has 0 spiro atoms. The molecule has 1 amide bonds. The maximum atomic E-state index is 13.1. The lowest BCUT2D eigenvalue weighted by Gasteiger charge is -2.35. The van der Waals surface area contributed by atoms with Gasteiger partial charge in [-0.25, -0.2) is 0 Å². The number of likely N-dealkylation sites (tertiary alicyclic amines) is 1. The summed E-state index contributed by atoms with van der Waals surface area (Å²) in [5.74, 6) is 0.287. The van der Waals surface area contributed by atoms with Crippen LogP contribution < -0.4 is 0 Å². The van der Waals surface area contributed by atoms with Gasteiger partial charge in [-0.1, -0.05) is 25.3 Å². The number of aromatic nitrogens is 1. The Bertz CT molecular complexity index is 542. The molecular formula is C20H32N4O. The molecule has 138 valence electrons. The van der Waals surface area contributed by atoms with Crippen molar-refractivity contribution in [3.63, 3.8) is 0 Å². The zero-order valence-electron chi connectivity index (χ0n) is 15.7. The van der Waals surface area contributed by atoms with Crippen LogP contribution in [-0.4, -0.2) is 71.4 Å². The van der Waals surface area contributed by atoms with Gasteiger partial charge in [0.05, 0.1) is 6.54 Å². The molecule has 2 fully saturated rings. The first-order chi connectivity index (χ1) is 12.1. The van der Waals surface area contributed by atoms with Crippen molar-refractivity contribution in [3.8, 4) is 0 Å². The Hall–Kier alpha value is -1.46. The first-order valence-corrected chi connectivity index (χ1v) is 9.70. The van der Waals surface area contributed by atoms with Gasteiger partial charge in [0.25, 0.3) is 0 Å². The Morgan fingerprint density at radius 1 is 1.20 bits per heavy atom. The average molecular weight is 345 g/mol. The van der Waals surface area contributed by atoms with Gasteiger partial charge in [-0.2, -0.15) is 0 Å². The average Bonchev–Trinajstić information content (AvgIpc) is 3.10. The second-order valence-electron chi connectivity index (χ2n) is 7.82. The van der Waals surface area contributed by atoms with Gasteiger partial charge in [0.2, 0.25) is 5.91 Å². The highest BCUT2D eigenvalue weighted by molar-refractivity contribution is 5.78. The molecule has 5 heteroatoms. The summed E-state index contributed by atoms with van der Waals surface area (Å²) in [6.07, 6.45) is 10.9. The van der Waals surface area contributed by atoms with Crippen molar-refractivity contribution < 1.29 is 4.79 Å². The fraction of sp³-hybridized carbons (Fsp3) is 0.700. The van der Waals surface area contributed by atoms with Crippen LogP contribution in [0.4, 0.5) is 0 Å². The van der Waals surface area contributed by atoms with E-state index in [-0.39, 0.29) is 5.91 Å². The van der Waals surface area contributed by atoms with Crippen LogP contribution in [0.5, 0.6) is 0 Å². The molecule has 0 unspecified atom stereocenters. The van der Waals surface area contributed by atoms with Crippen molar-refractivity contribution in [2.45, 2.75) is 57.2 Å². The fourth-order valence-electron chi connectivity index (χ4n) is 4.16. The van der Waals surface area contributed by atoms with Crippen molar-refractivity contribution in [2.75, 3.05) is 33.7 Å². The van der Waals surface area contributed by atoms with Crippen LogP contribution in [0.2, 0.25) is 0 Å². The molecule has 2 aliphatic rings. The lowest BCUT2D eigenvalue weighted by molar-refractivity contribution is -0.136. The van der Waals surface area contributed by atoms with Crippen LogP contribution in [0.1, 0.15) is 44.1 Å². The van der Waals surface area contributed by atoms with Gasteiger partial charge in [0.1, 0.15) is 0 Å². The molecule has 5 nitrogen and oxygen atoms in total. The van der Waals surface area contributed by atoms with E-state index >= 15 is 0 Å². The van der Waals surface area contributed by atoms with Gasteiger partial charge in [-0.05, 0) is 45.0 Å². The zero-order chi connectivity index (χ0) is 17.6. The summed E-state index contributed by atoms with van der Waals surface area (Å²) >= 11 is 0. The molecule has 0 aromatic carbocycles. The van der Waals surface area contributed by atoms with Crippen molar-refractivity contribution >= 4 is 5.91 Å². The normalized spacial score (nSPS) is 22.4. The number of carbonyl (C=O) groups excluding carboxylic acids is 1. The second-order valence-corrected chi connectivity index (χ2v) is 7.82. The van der Waals surface area contributed by atoms with Crippen molar-refractivity contribution in [2.24, 2.45) is 0 Å². The van der Waals surface area contributed by atoms with Gasteiger partial charge in [0, 0.05) is 44.1 Å². The Morgan fingerprint density at radius 2 is 2.00 bits per heavy atom. The first-order valence-electron chi connectivity index (χ1n) is 9.70. The Labute approximate surface area is 152 Å². The van der Waals surface area contributed by atoms with Crippen molar-refractivity contribution in [1.82, 2.24) is 19.7 Å². The summed E-state index contributed by atoms with van der Waals surface area (Å²) in [5, 5.41) is 0. The molecule has 0 radical (unpaired) electrons. The minimum atomic E-state index is 0.287. The number of rotatable bonds is 6. The molecule has 3 rings (SSSR count). The summed E-state index contributed by atoms with van der Waals surface area (Å²) in [7, 11) is 4.26. The number of nitrogens with zero attached hydrogens (tertiary/aromatic N) is 4. The number of pyridine rings is 1. The molecule has 2 heterocycles. The molecule has 1 aliphatic heterocycles. The number of carbonyl (C=O) groups is 1. The molecule has 1 saturated heterocycles. The first kappa shape index (κ1) is 18.3. The summed E-state index contributed by atoms with van der Waals surface area (Å²) in [6.45, 7) is 3.29. The lowest BCUT2D eigenvalue weighted by atomic mass is 9.93. The molecule has 1 saturated carbocycles. The number of hydrogen-bond acceptors (Lipinski definition) is 4. The van der Waals surface area contributed by atoms with Gasteiger partial charge < -0.3 is 9.80 Å². The minimum Gasteiger partial charge on any atom is -0.334 e. The number of likely N-dealkylation sites (N-methyl/N-ethyl adjacent to an activating group) is 1. The summed E-state index contributed by atoms with van der Waals surface area (Å²) < 4.78 is 0. The van der Waals surface area contributed by atoms with E-state index in [1.54, 1.807) is 6.20 Å². The smallest absolute Gasteiger partial charge is 0.237 e. The highest BCUT2D eigenvalue weighted by Crippen LogP contribution is 2.25. The predicted molar refractivity (Wildman–Crippen MR) is 100 cm³/mol. The molecule has 25 heavy (non-hydrogen) atoms. The highest BCUT2D eigenvalue weighted by Gasteiger charge is 2.30. The van der Waals surface area contributed by atoms with Crippen molar-refractivity contribution in [3.05, 3.63) is 30.1 Å². The van der Waals surface area contributed by atoms with Gasteiger partial charge >= 0.3 is 0 Å². The quantitative estimate of drug-likeness (QED) is 0.794. The summed E-state index contributed by atoms with van der Waals surface area (Å²) in [4.78, 5) is 24.1. The molecule has 1 aromatic heterocycles. The SMILES string of the molecule is CN(C)[C@@H]1CCN(CC(=O)N(Cc2cccnc2)C2CCCCC2)C1. The Morgan fingerprint density at radius 3 is 2.64 bits per heavy atom. The van der Waals surface area contributed by atoms with E-state index in [1.807, 2.05) is 12.3 Å². The highest BCUT2D eigenvalue weighted by atomic mass is 16.2. The maximum Gasteiger partial charge on any atom is 0.237 e. The second kappa shape index (κ2) is 8.77. The lowest BCUT2D eigenvalue weighted by Crippen LogP contribution is -2.46. The monoisotopic (exact) mass is 344 g/mol. The van der Waals surface area contributed by atoms with E-state index in [9.17, 15) is 4.79 Å². The van der Waals surface area contributed by atoms with E-state index in [4.69, 9.17) is 0 Å². The molecule has 1 atom stereocenters. The third-order valence-electron chi connectivity index (χ3n) is 5.75. The maximum absolute atomic E-state index is 13.1. The Kier molecular flexibility index (Phi) is 6.43. The predicted octanol–water partition coefficient (Wildman–Crippen LogP) is 2.38. The van der Waals surface area contributed by atoms with Gasteiger partial charge in [0.15, 0.2) is 0 Å². The summed E-state index contributed by atoms with van der Waals surface area (Å²) in [6, 6.07) is 5.01. The fourth-order valence-corrected chi connectivity index (χ4v) is 4.16. The Balaban J connectivity index is 1.64. The van der Waals surface area contributed by atoms with Gasteiger partial charge in [-0.3, -0.25) is 14.7 Å². The van der Waals surface area contributed by atoms with E-state index < -0.39 is 0 Å². The minimum absolute atomic E-state index is 0.287. The molecular weight excluding hydrogens is 312 g/mol. The van der Waals surface area contributed by atoms with Crippen molar-refractivity contribution in [1.29, 1.82) is 0 Å². The largest absolute Gasteiger partial charge is 0.334 e. The van der Waals surface area contributed by atoms with E-state index in [1.165, 1.54) is 19.3 Å². The van der Waals surface area contributed by atoms with E-state index in [0.29, 0.717) is 25.2 Å². The zero-order valence-corrected chi connectivity index (χ0v) is 15.7. The third kappa shape index (κ3) is 5.02. The van der Waals surface area contributed by atoms with Crippen LogP contribution >= 0.6 is 0 Å². The molecule has 0 N–H and O–H groups in total. The van der Waals surface area contributed by atoms with Crippen LogP contribution in [0.25, 0.3) is 0 Å². The molecule has 0 bridgehead atoms. The number of amides is 1. The molecule has 1 aliphatic carbocycles. The van der Waals surface area contributed by atoms with E-state index in [2.05, 4.69) is 39.8 Å². The van der Waals surface area contributed by atoms with Crippen LogP contribution in [-0.2, 0) is 11.3 Å². The van der Waals surface area contributed by atoms with Crippen LogP contribution in [0, 0.1) is 0 Å². The van der Waals surface area contributed by atoms with Gasteiger partial charge in [-0.15, -0.1) is 0 Å². The topological polar surface area (TPSA) is 39.7 Å². The van der Waals surface area contributed by atoms with Crippen LogP contribution in [0.15, 0.2) is 24.5 Å².